The van der Waals surface area contributed by atoms with Crippen molar-refractivity contribution >= 4 is 21.6 Å². The molecule has 0 heterocycles. The number of benzene rings is 1. The van der Waals surface area contributed by atoms with Crippen molar-refractivity contribution < 1.29 is 13.2 Å². The van der Waals surface area contributed by atoms with Crippen LogP contribution in [0.2, 0.25) is 0 Å². The molecule has 0 spiro atoms. The van der Waals surface area contributed by atoms with Crippen molar-refractivity contribution in [1.82, 2.24) is 10.0 Å². The number of amides is 1. The Kier molecular flexibility index (Phi) is 4.47. The molecule has 0 radical (unpaired) electrons. The molecule has 0 atom stereocenters. The van der Waals surface area contributed by atoms with Gasteiger partial charge in [-0.1, -0.05) is 6.07 Å². The molecule has 4 N–H and O–H groups in total. The third kappa shape index (κ3) is 4.04. The summed E-state index contributed by atoms with van der Waals surface area (Å²) in [5, 5.41) is 2.41. The maximum atomic E-state index is 11.8. The van der Waals surface area contributed by atoms with Crippen LogP contribution in [0.1, 0.15) is 6.42 Å². The highest BCUT2D eigenvalue weighted by molar-refractivity contribution is 7.89. The molecule has 94 valence electrons. The second kappa shape index (κ2) is 5.65. The summed E-state index contributed by atoms with van der Waals surface area (Å²) >= 11 is 0. The van der Waals surface area contributed by atoms with Crippen LogP contribution >= 0.6 is 0 Å². The molecule has 0 bridgehead atoms. The van der Waals surface area contributed by atoms with Crippen molar-refractivity contribution in [3.05, 3.63) is 24.3 Å². The van der Waals surface area contributed by atoms with Crippen molar-refractivity contribution in [2.24, 2.45) is 0 Å². The lowest BCUT2D eigenvalue weighted by Gasteiger charge is -2.06. The predicted octanol–water partition coefficient (Wildman–Crippen LogP) is -0.317. The maximum Gasteiger partial charge on any atom is 0.240 e. The van der Waals surface area contributed by atoms with Crippen LogP contribution in [0, 0.1) is 0 Å². The summed E-state index contributed by atoms with van der Waals surface area (Å²) in [4.78, 5) is 11.0. The van der Waals surface area contributed by atoms with E-state index in [1.165, 1.54) is 19.2 Å². The van der Waals surface area contributed by atoms with E-state index in [0.717, 1.165) is 0 Å². The number of hydrogen-bond donors (Lipinski definition) is 3. The first-order valence-electron chi connectivity index (χ1n) is 5.01. The standard InChI is InChI=1S/C10H15N3O3S/c1-12-10(14)5-6-13-17(15,16)9-4-2-3-8(11)7-9/h2-4,7,13H,5-6,11H2,1H3,(H,12,14). The van der Waals surface area contributed by atoms with Crippen molar-refractivity contribution in [3.63, 3.8) is 0 Å². The highest BCUT2D eigenvalue weighted by Gasteiger charge is 2.13. The summed E-state index contributed by atoms with van der Waals surface area (Å²) in [6.07, 6.45) is 0.0953. The molecule has 0 aromatic heterocycles. The van der Waals surface area contributed by atoms with Gasteiger partial charge in [-0.25, -0.2) is 13.1 Å². The van der Waals surface area contributed by atoms with Crippen LogP contribution < -0.4 is 15.8 Å². The van der Waals surface area contributed by atoms with E-state index in [2.05, 4.69) is 10.0 Å². The van der Waals surface area contributed by atoms with Gasteiger partial charge < -0.3 is 11.1 Å². The molecule has 1 aromatic carbocycles. The number of carbonyl (C=O) groups is 1. The van der Waals surface area contributed by atoms with E-state index in [4.69, 9.17) is 5.73 Å². The maximum absolute atomic E-state index is 11.8. The Labute approximate surface area is 100 Å². The number of anilines is 1. The number of hydrogen-bond acceptors (Lipinski definition) is 4. The van der Waals surface area contributed by atoms with Gasteiger partial charge in [-0.15, -0.1) is 0 Å². The lowest BCUT2D eigenvalue weighted by Crippen LogP contribution is -2.29. The Bertz CT molecular complexity index is 499. The molecule has 0 saturated carbocycles. The van der Waals surface area contributed by atoms with Crippen LogP contribution in [-0.2, 0) is 14.8 Å². The van der Waals surface area contributed by atoms with Gasteiger partial charge >= 0.3 is 0 Å². The zero-order valence-electron chi connectivity index (χ0n) is 9.43. The van der Waals surface area contributed by atoms with E-state index in [0.29, 0.717) is 5.69 Å². The summed E-state index contributed by atoms with van der Waals surface area (Å²) < 4.78 is 25.8. The van der Waals surface area contributed by atoms with E-state index >= 15 is 0 Å². The third-order valence-electron chi connectivity index (χ3n) is 2.09. The second-order valence-corrected chi connectivity index (χ2v) is 5.16. The van der Waals surface area contributed by atoms with Crippen LogP contribution in [-0.4, -0.2) is 27.9 Å². The predicted molar refractivity (Wildman–Crippen MR) is 64.7 cm³/mol. The monoisotopic (exact) mass is 257 g/mol. The normalized spacial score (nSPS) is 11.1. The fourth-order valence-electron chi connectivity index (χ4n) is 1.19. The molecule has 17 heavy (non-hydrogen) atoms. The zero-order valence-corrected chi connectivity index (χ0v) is 10.3. The molecule has 0 aliphatic carbocycles. The molecule has 0 fully saturated rings. The third-order valence-corrected chi connectivity index (χ3v) is 3.55. The summed E-state index contributed by atoms with van der Waals surface area (Å²) in [5.74, 6) is -0.222. The van der Waals surface area contributed by atoms with Crippen molar-refractivity contribution in [3.8, 4) is 0 Å². The van der Waals surface area contributed by atoms with Gasteiger partial charge in [0.25, 0.3) is 0 Å². The molecule has 0 aliphatic heterocycles. The van der Waals surface area contributed by atoms with E-state index in [9.17, 15) is 13.2 Å². The van der Waals surface area contributed by atoms with Crippen LogP contribution in [0.4, 0.5) is 5.69 Å². The minimum atomic E-state index is -3.60. The Morgan fingerprint density at radius 3 is 2.71 bits per heavy atom. The van der Waals surface area contributed by atoms with Crippen LogP contribution in [0.5, 0.6) is 0 Å². The van der Waals surface area contributed by atoms with Crippen LogP contribution in [0.25, 0.3) is 0 Å². The number of carbonyl (C=O) groups excluding carboxylic acids is 1. The van der Waals surface area contributed by atoms with Crippen LogP contribution in [0.15, 0.2) is 29.2 Å². The molecule has 1 amide bonds. The first kappa shape index (κ1) is 13.5. The van der Waals surface area contributed by atoms with Gasteiger partial charge in [0.1, 0.15) is 0 Å². The molecule has 1 rings (SSSR count). The van der Waals surface area contributed by atoms with Crippen molar-refractivity contribution in [2.45, 2.75) is 11.3 Å². The number of nitrogens with two attached hydrogens (primary N) is 1. The lowest BCUT2D eigenvalue weighted by atomic mass is 10.3. The Morgan fingerprint density at radius 2 is 2.12 bits per heavy atom. The van der Waals surface area contributed by atoms with Crippen molar-refractivity contribution in [2.75, 3.05) is 19.3 Å². The second-order valence-electron chi connectivity index (χ2n) is 3.39. The highest BCUT2D eigenvalue weighted by Crippen LogP contribution is 2.12. The Balaban J connectivity index is 2.66. The quantitative estimate of drug-likeness (QED) is 0.629. The summed E-state index contributed by atoms with van der Waals surface area (Å²) in [6.45, 7) is 0.0524. The highest BCUT2D eigenvalue weighted by atomic mass is 32.2. The SMILES string of the molecule is CNC(=O)CCNS(=O)(=O)c1cccc(N)c1. The van der Waals surface area contributed by atoms with E-state index in [1.807, 2.05) is 0 Å². The van der Waals surface area contributed by atoms with E-state index < -0.39 is 10.0 Å². The van der Waals surface area contributed by atoms with E-state index in [-0.39, 0.29) is 23.8 Å². The van der Waals surface area contributed by atoms with E-state index in [1.54, 1.807) is 12.1 Å². The van der Waals surface area contributed by atoms with Gasteiger partial charge in [0.15, 0.2) is 0 Å². The topological polar surface area (TPSA) is 101 Å². The lowest BCUT2D eigenvalue weighted by molar-refractivity contribution is -0.120. The molecular weight excluding hydrogens is 242 g/mol. The van der Waals surface area contributed by atoms with Gasteiger partial charge in [-0.3, -0.25) is 4.79 Å². The summed E-state index contributed by atoms with van der Waals surface area (Å²) in [7, 11) is -2.10. The minimum absolute atomic E-state index is 0.0524. The Morgan fingerprint density at radius 1 is 1.41 bits per heavy atom. The van der Waals surface area contributed by atoms with Gasteiger partial charge in [0, 0.05) is 25.7 Å². The zero-order chi connectivity index (χ0) is 12.9. The van der Waals surface area contributed by atoms with Crippen LogP contribution in [0.3, 0.4) is 0 Å². The fraction of sp³-hybridized carbons (Fsp3) is 0.300. The number of nitrogen functional groups attached to an aromatic ring is 1. The fourth-order valence-corrected chi connectivity index (χ4v) is 2.28. The largest absolute Gasteiger partial charge is 0.399 e. The number of sulfonamides is 1. The molecular formula is C10H15N3O3S. The van der Waals surface area contributed by atoms with Gasteiger partial charge in [-0.05, 0) is 18.2 Å². The number of nitrogens with one attached hydrogen (secondary N) is 2. The molecule has 0 aliphatic rings. The first-order valence-corrected chi connectivity index (χ1v) is 6.50. The molecule has 1 aromatic rings. The Hall–Kier alpha value is -1.60. The average Bonchev–Trinajstić information content (AvgIpc) is 2.28. The summed E-state index contributed by atoms with van der Waals surface area (Å²) in [6, 6.07) is 5.97. The molecule has 0 saturated heterocycles. The number of rotatable bonds is 5. The average molecular weight is 257 g/mol. The minimum Gasteiger partial charge on any atom is -0.399 e. The van der Waals surface area contributed by atoms with Gasteiger partial charge in [-0.2, -0.15) is 0 Å². The smallest absolute Gasteiger partial charge is 0.240 e. The molecule has 6 nitrogen and oxygen atoms in total. The summed E-state index contributed by atoms with van der Waals surface area (Å²) in [5.41, 5.74) is 5.87. The molecule has 0 unspecified atom stereocenters. The molecule has 7 heteroatoms. The first-order chi connectivity index (χ1) is 7.95. The van der Waals surface area contributed by atoms with Gasteiger partial charge in [0.05, 0.1) is 4.90 Å². The van der Waals surface area contributed by atoms with Crippen molar-refractivity contribution in [1.29, 1.82) is 0 Å². The van der Waals surface area contributed by atoms with Gasteiger partial charge in [0.2, 0.25) is 15.9 Å².